The molecule has 15 heavy (non-hydrogen) atoms. The van der Waals surface area contributed by atoms with Crippen molar-refractivity contribution in [1.29, 1.82) is 0 Å². The van der Waals surface area contributed by atoms with Gasteiger partial charge in [0.05, 0.1) is 7.11 Å². The number of methoxy groups -OCH3 is 1. The van der Waals surface area contributed by atoms with Gasteiger partial charge in [-0.05, 0) is 12.8 Å². The molecule has 1 aromatic rings. The molecule has 0 unspecified atom stereocenters. The SMILES string of the molecule is COC(=O)c1c(NC2CC2)nn(C)c1N. The standard InChI is InChI=1S/C9H14N4O2/c1-13-7(10)6(9(14)15-2)8(12-13)11-5-3-4-5/h5H,3-4,10H2,1-2H3,(H,11,12). The molecule has 0 bridgehead atoms. The molecule has 0 aromatic carbocycles. The maximum absolute atomic E-state index is 11.5. The van der Waals surface area contributed by atoms with E-state index in [0.29, 0.717) is 23.2 Å². The van der Waals surface area contributed by atoms with E-state index in [1.165, 1.54) is 11.8 Å². The summed E-state index contributed by atoms with van der Waals surface area (Å²) in [5.41, 5.74) is 6.06. The zero-order valence-corrected chi connectivity index (χ0v) is 8.78. The fourth-order valence-corrected chi connectivity index (χ4v) is 1.36. The number of nitrogens with two attached hydrogens (primary N) is 1. The van der Waals surface area contributed by atoms with Gasteiger partial charge in [0.2, 0.25) is 0 Å². The minimum absolute atomic E-state index is 0.324. The molecule has 0 atom stereocenters. The summed E-state index contributed by atoms with van der Waals surface area (Å²) in [6.07, 6.45) is 2.22. The van der Waals surface area contributed by atoms with E-state index in [0.717, 1.165) is 12.8 Å². The number of rotatable bonds is 3. The highest BCUT2D eigenvalue weighted by Crippen LogP contribution is 2.28. The van der Waals surface area contributed by atoms with Gasteiger partial charge in [0, 0.05) is 13.1 Å². The number of esters is 1. The first-order valence-electron chi connectivity index (χ1n) is 4.80. The lowest BCUT2D eigenvalue weighted by Crippen LogP contribution is -2.10. The molecule has 1 heterocycles. The summed E-state index contributed by atoms with van der Waals surface area (Å²) in [4.78, 5) is 11.5. The van der Waals surface area contributed by atoms with Crippen LogP contribution in [-0.2, 0) is 11.8 Å². The topological polar surface area (TPSA) is 82.2 Å². The van der Waals surface area contributed by atoms with Gasteiger partial charge < -0.3 is 15.8 Å². The number of hydrogen-bond acceptors (Lipinski definition) is 5. The van der Waals surface area contributed by atoms with Crippen LogP contribution in [0.25, 0.3) is 0 Å². The van der Waals surface area contributed by atoms with Gasteiger partial charge in [-0.15, -0.1) is 0 Å². The number of aryl methyl sites for hydroxylation is 1. The quantitative estimate of drug-likeness (QED) is 0.704. The second kappa shape index (κ2) is 3.45. The highest BCUT2D eigenvalue weighted by molar-refractivity contribution is 5.99. The van der Waals surface area contributed by atoms with Crippen molar-refractivity contribution in [2.45, 2.75) is 18.9 Å². The second-order valence-corrected chi connectivity index (χ2v) is 3.64. The summed E-state index contributed by atoms with van der Waals surface area (Å²) in [6.45, 7) is 0. The first-order chi connectivity index (χ1) is 7.13. The Morgan fingerprint density at radius 2 is 2.33 bits per heavy atom. The molecular weight excluding hydrogens is 196 g/mol. The highest BCUT2D eigenvalue weighted by atomic mass is 16.5. The number of nitrogen functional groups attached to an aromatic ring is 1. The first kappa shape index (κ1) is 9.82. The molecule has 1 saturated carbocycles. The smallest absolute Gasteiger partial charge is 0.345 e. The van der Waals surface area contributed by atoms with Crippen molar-refractivity contribution in [3.8, 4) is 0 Å². The lowest BCUT2D eigenvalue weighted by molar-refractivity contribution is 0.0603. The molecule has 1 aromatic heterocycles. The van der Waals surface area contributed by atoms with E-state index < -0.39 is 5.97 Å². The Labute approximate surface area is 87.4 Å². The van der Waals surface area contributed by atoms with E-state index in [4.69, 9.17) is 5.73 Å². The number of nitrogens with one attached hydrogen (secondary N) is 1. The van der Waals surface area contributed by atoms with Crippen molar-refractivity contribution in [2.75, 3.05) is 18.2 Å². The monoisotopic (exact) mass is 210 g/mol. The lowest BCUT2D eigenvalue weighted by Gasteiger charge is -2.02. The summed E-state index contributed by atoms with van der Waals surface area (Å²) >= 11 is 0. The molecule has 1 aliphatic carbocycles. The van der Waals surface area contributed by atoms with E-state index in [9.17, 15) is 4.79 Å². The van der Waals surface area contributed by atoms with Crippen molar-refractivity contribution in [3.05, 3.63) is 5.56 Å². The summed E-state index contributed by atoms with van der Waals surface area (Å²) in [5.74, 6) is 0.387. The van der Waals surface area contributed by atoms with Gasteiger partial charge in [-0.25, -0.2) is 4.79 Å². The molecule has 0 amide bonds. The number of carbonyl (C=O) groups is 1. The minimum atomic E-state index is -0.455. The molecular formula is C9H14N4O2. The fraction of sp³-hybridized carbons (Fsp3) is 0.556. The maximum Gasteiger partial charge on any atom is 0.345 e. The Kier molecular flexibility index (Phi) is 2.26. The molecule has 1 aliphatic rings. The van der Waals surface area contributed by atoms with Crippen LogP contribution >= 0.6 is 0 Å². The third-order valence-corrected chi connectivity index (χ3v) is 2.40. The molecule has 0 radical (unpaired) electrons. The number of carbonyl (C=O) groups excluding carboxylic acids is 1. The van der Waals surface area contributed by atoms with Crippen LogP contribution in [0.2, 0.25) is 0 Å². The van der Waals surface area contributed by atoms with Crippen LogP contribution in [0.3, 0.4) is 0 Å². The lowest BCUT2D eigenvalue weighted by atomic mass is 10.3. The molecule has 6 nitrogen and oxygen atoms in total. The Morgan fingerprint density at radius 1 is 1.67 bits per heavy atom. The largest absolute Gasteiger partial charge is 0.465 e. The van der Waals surface area contributed by atoms with E-state index in [-0.39, 0.29) is 0 Å². The second-order valence-electron chi connectivity index (χ2n) is 3.64. The Balaban J connectivity index is 2.33. The zero-order chi connectivity index (χ0) is 11.0. The molecule has 0 spiro atoms. The van der Waals surface area contributed by atoms with E-state index in [2.05, 4.69) is 15.2 Å². The maximum atomic E-state index is 11.5. The molecule has 3 N–H and O–H groups in total. The van der Waals surface area contributed by atoms with E-state index >= 15 is 0 Å². The van der Waals surface area contributed by atoms with Gasteiger partial charge >= 0.3 is 5.97 Å². The van der Waals surface area contributed by atoms with Crippen LogP contribution < -0.4 is 11.1 Å². The van der Waals surface area contributed by atoms with Crippen LogP contribution in [0, 0.1) is 0 Å². The average Bonchev–Trinajstić information content (AvgIpc) is 2.96. The number of nitrogens with zero attached hydrogens (tertiary/aromatic N) is 2. The van der Waals surface area contributed by atoms with Gasteiger partial charge in [0.25, 0.3) is 0 Å². The first-order valence-corrected chi connectivity index (χ1v) is 4.80. The predicted octanol–water partition coefficient (Wildman–Crippen LogP) is 0.363. The molecule has 2 rings (SSSR count). The summed E-state index contributed by atoms with van der Waals surface area (Å²) in [5, 5.41) is 7.29. The third kappa shape index (κ3) is 1.74. The molecule has 82 valence electrons. The summed E-state index contributed by atoms with van der Waals surface area (Å²) in [6, 6.07) is 0.419. The fourth-order valence-electron chi connectivity index (χ4n) is 1.36. The number of ether oxygens (including phenoxy) is 1. The van der Waals surface area contributed by atoms with Gasteiger partial charge in [-0.2, -0.15) is 5.10 Å². The predicted molar refractivity (Wildman–Crippen MR) is 55.6 cm³/mol. The normalized spacial score (nSPS) is 15.1. The van der Waals surface area contributed by atoms with Gasteiger partial charge in [-0.1, -0.05) is 0 Å². The highest BCUT2D eigenvalue weighted by Gasteiger charge is 2.27. The van der Waals surface area contributed by atoms with E-state index in [1.807, 2.05) is 0 Å². The number of anilines is 2. The Bertz CT molecular complexity index is 395. The number of aromatic nitrogens is 2. The van der Waals surface area contributed by atoms with E-state index in [1.54, 1.807) is 7.05 Å². The minimum Gasteiger partial charge on any atom is -0.465 e. The van der Waals surface area contributed by atoms with Crippen LogP contribution in [-0.4, -0.2) is 28.9 Å². The summed E-state index contributed by atoms with van der Waals surface area (Å²) < 4.78 is 6.13. The molecule has 0 saturated heterocycles. The van der Waals surface area contributed by atoms with Gasteiger partial charge in [-0.3, -0.25) is 4.68 Å². The molecule has 0 aliphatic heterocycles. The van der Waals surface area contributed by atoms with Crippen molar-refractivity contribution < 1.29 is 9.53 Å². The van der Waals surface area contributed by atoms with Gasteiger partial charge in [0.1, 0.15) is 11.4 Å². The van der Waals surface area contributed by atoms with Crippen LogP contribution in [0.1, 0.15) is 23.2 Å². The van der Waals surface area contributed by atoms with Crippen molar-refractivity contribution in [1.82, 2.24) is 9.78 Å². The zero-order valence-electron chi connectivity index (χ0n) is 8.78. The Hall–Kier alpha value is -1.72. The van der Waals surface area contributed by atoms with Crippen molar-refractivity contribution >= 4 is 17.6 Å². The third-order valence-electron chi connectivity index (χ3n) is 2.40. The molecule has 6 heteroatoms. The van der Waals surface area contributed by atoms with Crippen LogP contribution in [0.4, 0.5) is 11.6 Å². The Morgan fingerprint density at radius 3 is 2.87 bits per heavy atom. The molecule has 1 fully saturated rings. The average molecular weight is 210 g/mol. The number of hydrogen-bond donors (Lipinski definition) is 2. The van der Waals surface area contributed by atoms with Crippen LogP contribution in [0.5, 0.6) is 0 Å². The van der Waals surface area contributed by atoms with Crippen molar-refractivity contribution in [3.63, 3.8) is 0 Å². The van der Waals surface area contributed by atoms with Gasteiger partial charge in [0.15, 0.2) is 5.82 Å². The summed E-state index contributed by atoms with van der Waals surface area (Å²) in [7, 11) is 3.02. The van der Waals surface area contributed by atoms with Crippen molar-refractivity contribution in [2.24, 2.45) is 7.05 Å². The van der Waals surface area contributed by atoms with Crippen LogP contribution in [0.15, 0.2) is 0 Å².